The first-order valence-corrected chi connectivity index (χ1v) is 16.1. The largest absolute Gasteiger partial charge is 0.354 e. The zero-order valence-electron chi connectivity index (χ0n) is 23.3. The van der Waals surface area contributed by atoms with Crippen molar-refractivity contribution >= 4 is 43.5 Å². The molecule has 0 saturated heterocycles. The molecule has 0 radical (unpaired) electrons. The van der Waals surface area contributed by atoms with E-state index in [1.165, 1.54) is 10.6 Å². The Kier molecular flexibility index (Phi) is 11.8. The van der Waals surface area contributed by atoms with E-state index in [0.717, 1.165) is 27.6 Å². The summed E-state index contributed by atoms with van der Waals surface area (Å²) in [6.07, 6.45) is 2.72. The van der Waals surface area contributed by atoms with E-state index in [4.69, 9.17) is 0 Å². The molecule has 0 saturated carbocycles. The zero-order valence-corrected chi connectivity index (χ0v) is 25.7. The predicted molar refractivity (Wildman–Crippen MR) is 165 cm³/mol. The van der Waals surface area contributed by atoms with Crippen LogP contribution in [0.15, 0.2) is 83.3 Å². The molecular formula is C31H38BrN3O4S. The zero-order chi connectivity index (χ0) is 29.1. The molecule has 0 aliphatic rings. The van der Waals surface area contributed by atoms with Gasteiger partial charge in [-0.25, -0.2) is 8.42 Å². The van der Waals surface area contributed by atoms with Crippen molar-refractivity contribution in [2.24, 2.45) is 0 Å². The van der Waals surface area contributed by atoms with Crippen LogP contribution in [0.3, 0.4) is 0 Å². The molecule has 2 amide bonds. The van der Waals surface area contributed by atoms with Gasteiger partial charge in [0, 0.05) is 36.9 Å². The Bertz CT molecular complexity index is 1360. The number of amides is 2. The second-order valence-electron chi connectivity index (χ2n) is 9.92. The summed E-state index contributed by atoms with van der Waals surface area (Å²) in [5, 5.41) is 2.98. The van der Waals surface area contributed by atoms with Crippen molar-refractivity contribution in [3.63, 3.8) is 0 Å². The van der Waals surface area contributed by atoms with Gasteiger partial charge in [0.25, 0.3) is 0 Å². The molecule has 3 aromatic carbocycles. The fourth-order valence-electron chi connectivity index (χ4n) is 4.47. The molecule has 214 valence electrons. The van der Waals surface area contributed by atoms with E-state index < -0.39 is 16.1 Å². The van der Waals surface area contributed by atoms with Crippen LogP contribution < -0.4 is 9.62 Å². The van der Waals surface area contributed by atoms with Gasteiger partial charge >= 0.3 is 0 Å². The number of hydrogen-bond acceptors (Lipinski definition) is 4. The van der Waals surface area contributed by atoms with E-state index in [1.807, 2.05) is 80.6 Å². The number of halogens is 1. The summed E-state index contributed by atoms with van der Waals surface area (Å²) >= 11 is 3.50. The molecule has 7 nitrogen and oxygen atoms in total. The molecule has 0 spiro atoms. The topological polar surface area (TPSA) is 86.8 Å². The summed E-state index contributed by atoms with van der Waals surface area (Å²) in [4.78, 5) is 28.9. The van der Waals surface area contributed by atoms with Gasteiger partial charge in [-0.05, 0) is 55.2 Å². The summed E-state index contributed by atoms with van der Waals surface area (Å²) in [5.74, 6) is -0.406. The monoisotopic (exact) mass is 627 g/mol. The number of anilines is 1. The van der Waals surface area contributed by atoms with Gasteiger partial charge in [0.1, 0.15) is 6.04 Å². The van der Waals surface area contributed by atoms with Crippen molar-refractivity contribution in [1.82, 2.24) is 10.2 Å². The molecule has 9 heteroatoms. The summed E-state index contributed by atoms with van der Waals surface area (Å²) in [7, 11) is -3.54. The Morgan fingerprint density at radius 3 is 2.25 bits per heavy atom. The number of nitrogens with one attached hydrogen (secondary N) is 1. The summed E-state index contributed by atoms with van der Waals surface area (Å²) in [6, 6.07) is 23.9. The van der Waals surface area contributed by atoms with Gasteiger partial charge in [-0.1, -0.05) is 83.0 Å². The van der Waals surface area contributed by atoms with Crippen LogP contribution in [0.25, 0.3) is 0 Å². The fraction of sp³-hybridized carbons (Fsp3) is 0.355. The SMILES string of the molecule is CCCNC(=O)[C@@H](Cc1ccccc1)N(Cc1cccc(Br)c1)C(=O)CCCN(c1ccc(C)cc1)S(C)(=O)=O. The molecule has 1 N–H and O–H groups in total. The van der Waals surface area contributed by atoms with Crippen LogP contribution in [0.5, 0.6) is 0 Å². The first-order valence-electron chi connectivity index (χ1n) is 13.5. The standard InChI is InChI=1S/C31H38BrN3O4S/c1-4-19-33-31(37)29(22-25-10-6-5-7-11-25)34(23-26-12-8-13-27(32)21-26)30(36)14-9-20-35(40(3,38)39)28-17-15-24(2)16-18-28/h5-8,10-13,15-18,21,29H,4,9,14,19-20,22-23H2,1-3H3,(H,33,37)/t29-/m1/s1. The van der Waals surface area contributed by atoms with E-state index in [1.54, 1.807) is 17.0 Å². The highest BCUT2D eigenvalue weighted by atomic mass is 79.9. The minimum absolute atomic E-state index is 0.0955. The third-order valence-electron chi connectivity index (χ3n) is 6.54. The average Bonchev–Trinajstić information content (AvgIpc) is 2.92. The van der Waals surface area contributed by atoms with Crippen LogP contribution in [0, 0.1) is 6.92 Å². The van der Waals surface area contributed by atoms with Crippen LogP contribution in [0.4, 0.5) is 5.69 Å². The lowest BCUT2D eigenvalue weighted by molar-refractivity contribution is -0.141. The number of sulfonamides is 1. The highest BCUT2D eigenvalue weighted by molar-refractivity contribution is 9.10. The van der Waals surface area contributed by atoms with Crippen molar-refractivity contribution in [3.8, 4) is 0 Å². The number of nitrogens with zero attached hydrogens (tertiary/aromatic N) is 2. The van der Waals surface area contributed by atoms with Gasteiger partial charge in [-0.15, -0.1) is 0 Å². The Morgan fingerprint density at radius 2 is 1.62 bits per heavy atom. The Morgan fingerprint density at radius 1 is 0.950 bits per heavy atom. The van der Waals surface area contributed by atoms with E-state index in [0.29, 0.717) is 25.1 Å². The second-order valence-corrected chi connectivity index (χ2v) is 12.7. The van der Waals surface area contributed by atoms with Gasteiger partial charge in [0.2, 0.25) is 21.8 Å². The van der Waals surface area contributed by atoms with E-state index >= 15 is 0 Å². The molecule has 40 heavy (non-hydrogen) atoms. The first kappa shape index (κ1) is 31.4. The summed E-state index contributed by atoms with van der Waals surface area (Å²) < 4.78 is 27.4. The summed E-state index contributed by atoms with van der Waals surface area (Å²) in [5.41, 5.74) is 3.43. The molecule has 3 aromatic rings. The molecule has 3 rings (SSSR count). The molecule has 0 bridgehead atoms. The molecule has 0 fully saturated rings. The first-order chi connectivity index (χ1) is 19.1. The lowest BCUT2D eigenvalue weighted by Crippen LogP contribution is -2.50. The van der Waals surface area contributed by atoms with Crippen LogP contribution in [0.2, 0.25) is 0 Å². The van der Waals surface area contributed by atoms with Gasteiger partial charge in [-0.2, -0.15) is 0 Å². The van der Waals surface area contributed by atoms with Crippen molar-refractivity contribution in [1.29, 1.82) is 0 Å². The highest BCUT2D eigenvalue weighted by Crippen LogP contribution is 2.21. The van der Waals surface area contributed by atoms with Crippen molar-refractivity contribution in [3.05, 3.63) is 100 Å². The van der Waals surface area contributed by atoms with E-state index in [2.05, 4.69) is 21.2 Å². The minimum Gasteiger partial charge on any atom is -0.354 e. The maximum Gasteiger partial charge on any atom is 0.243 e. The number of rotatable bonds is 14. The van der Waals surface area contributed by atoms with Gasteiger partial charge < -0.3 is 10.2 Å². The maximum absolute atomic E-state index is 13.8. The van der Waals surface area contributed by atoms with Crippen molar-refractivity contribution in [2.75, 3.05) is 23.7 Å². The van der Waals surface area contributed by atoms with Crippen LogP contribution in [-0.2, 0) is 32.6 Å². The quantitative estimate of drug-likeness (QED) is 0.257. The number of benzene rings is 3. The van der Waals surface area contributed by atoms with Crippen LogP contribution >= 0.6 is 15.9 Å². The molecule has 0 unspecified atom stereocenters. The lowest BCUT2D eigenvalue weighted by Gasteiger charge is -2.32. The molecule has 0 aliphatic carbocycles. The summed E-state index contributed by atoms with van der Waals surface area (Å²) in [6.45, 7) is 4.85. The van der Waals surface area contributed by atoms with Crippen LogP contribution in [-0.4, -0.2) is 50.5 Å². The molecule has 0 aliphatic heterocycles. The van der Waals surface area contributed by atoms with Gasteiger partial charge in [-0.3, -0.25) is 13.9 Å². The van der Waals surface area contributed by atoms with Crippen LogP contribution in [0.1, 0.15) is 42.9 Å². The third-order valence-corrected chi connectivity index (χ3v) is 8.22. The average molecular weight is 629 g/mol. The van der Waals surface area contributed by atoms with Crippen molar-refractivity contribution < 1.29 is 18.0 Å². The predicted octanol–water partition coefficient (Wildman–Crippen LogP) is 5.47. The van der Waals surface area contributed by atoms with E-state index in [-0.39, 0.29) is 31.3 Å². The number of carbonyl (C=O) groups excluding carboxylic acids is 2. The highest BCUT2D eigenvalue weighted by Gasteiger charge is 2.30. The second kappa shape index (κ2) is 15.0. The molecule has 0 heterocycles. The van der Waals surface area contributed by atoms with Crippen molar-refractivity contribution in [2.45, 2.75) is 52.1 Å². The Labute approximate surface area is 246 Å². The minimum atomic E-state index is -3.54. The third kappa shape index (κ3) is 9.48. The maximum atomic E-state index is 13.8. The molecule has 0 aromatic heterocycles. The lowest BCUT2D eigenvalue weighted by atomic mass is 10.0. The normalized spacial score (nSPS) is 12.0. The molecular weight excluding hydrogens is 590 g/mol. The van der Waals surface area contributed by atoms with E-state index in [9.17, 15) is 18.0 Å². The smallest absolute Gasteiger partial charge is 0.243 e. The van der Waals surface area contributed by atoms with Gasteiger partial charge in [0.15, 0.2) is 0 Å². The van der Waals surface area contributed by atoms with Gasteiger partial charge in [0.05, 0.1) is 11.9 Å². The Balaban J connectivity index is 1.86. The number of hydrogen-bond donors (Lipinski definition) is 1. The number of carbonyl (C=O) groups is 2. The fourth-order valence-corrected chi connectivity index (χ4v) is 5.88. The Hall–Kier alpha value is -3.17. The number of aryl methyl sites for hydroxylation is 1. The molecule has 1 atom stereocenters.